The smallest absolute Gasteiger partial charge is 0.312 e. The van der Waals surface area contributed by atoms with Crippen LogP contribution in [0, 0.1) is 24.2 Å². The van der Waals surface area contributed by atoms with Gasteiger partial charge in [0.25, 0.3) is 0 Å². The quantitative estimate of drug-likeness (QED) is 0.454. The molecule has 142 valence electrons. The van der Waals surface area contributed by atoms with Crippen LogP contribution in [0.1, 0.15) is 48.6 Å². The summed E-state index contributed by atoms with van der Waals surface area (Å²) in [6, 6.07) is 16.2. The molecule has 0 spiro atoms. The van der Waals surface area contributed by atoms with Crippen molar-refractivity contribution in [2.45, 2.75) is 39.5 Å². The van der Waals surface area contributed by atoms with E-state index in [0.717, 1.165) is 47.1 Å². The highest BCUT2D eigenvalue weighted by Crippen LogP contribution is 2.45. The molecule has 3 nitrogen and oxygen atoms in total. The third-order valence-corrected chi connectivity index (χ3v) is 5.50. The monoisotopic (exact) mass is 372 g/mol. The van der Waals surface area contributed by atoms with Crippen molar-refractivity contribution in [1.29, 1.82) is 0 Å². The van der Waals surface area contributed by atoms with E-state index in [1.165, 1.54) is 5.56 Å². The molecular weight excluding hydrogens is 348 g/mol. The van der Waals surface area contributed by atoms with Gasteiger partial charge in [-0.1, -0.05) is 36.0 Å². The van der Waals surface area contributed by atoms with Crippen LogP contribution in [-0.4, -0.2) is 12.6 Å². The second-order valence-corrected chi connectivity index (χ2v) is 7.61. The minimum absolute atomic E-state index is 0.0913. The predicted octanol–water partition coefficient (Wildman–Crippen LogP) is 5.42. The summed E-state index contributed by atoms with van der Waals surface area (Å²) >= 11 is 0. The highest BCUT2D eigenvalue weighted by atomic mass is 16.5. The fourth-order valence-corrected chi connectivity index (χ4v) is 3.72. The van der Waals surface area contributed by atoms with Gasteiger partial charge in [-0.05, 0) is 63.1 Å². The molecule has 4 rings (SSSR count). The average Bonchev–Trinajstić information content (AvgIpc) is 3.06. The third kappa shape index (κ3) is 3.68. The van der Waals surface area contributed by atoms with E-state index in [1.54, 1.807) is 0 Å². The number of rotatable bonds is 4. The van der Waals surface area contributed by atoms with E-state index in [4.69, 9.17) is 9.15 Å². The number of benzene rings is 2. The maximum atomic E-state index is 12.4. The molecule has 1 aliphatic rings. The normalized spacial score (nSPS) is 14.8. The molecule has 0 bridgehead atoms. The number of fused-ring (bicyclic) bond motifs is 1. The molecule has 0 amide bonds. The minimum atomic E-state index is -0.405. The Hall–Kier alpha value is -2.99. The van der Waals surface area contributed by atoms with Gasteiger partial charge < -0.3 is 9.15 Å². The van der Waals surface area contributed by atoms with E-state index < -0.39 is 5.41 Å². The number of aryl methyl sites for hydroxylation is 1. The van der Waals surface area contributed by atoms with Crippen molar-refractivity contribution in [1.82, 2.24) is 0 Å². The van der Waals surface area contributed by atoms with Crippen LogP contribution < -0.4 is 0 Å². The lowest BCUT2D eigenvalue weighted by Crippen LogP contribution is -2.41. The van der Waals surface area contributed by atoms with Crippen molar-refractivity contribution in [2.75, 3.05) is 6.61 Å². The summed E-state index contributed by atoms with van der Waals surface area (Å²) in [7, 11) is 0. The molecule has 0 atom stereocenters. The standard InChI is InChI=1S/C25H24O3/c1-3-27-24(26)25(13-4-14-25)17-22-16-21-15-20(11-12-23(21)28-22)10-9-19-7-5-18(2)6-8-19/h5-8,11-12,15-16H,3-4,13-14,17H2,1-2H3. The first kappa shape index (κ1) is 18.4. The zero-order valence-corrected chi connectivity index (χ0v) is 16.4. The van der Waals surface area contributed by atoms with Gasteiger partial charge in [-0.3, -0.25) is 4.79 Å². The Morgan fingerprint density at radius 1 is 1.07 bits per heavy atom. The van der Waals surface area contributed by atoms with E-state index in [2.05, 4.69) is 30.9 Å². The molecule has 0 N–H and O–H groups in total. The van der Waals surface area contributed by atoms with Gasteiger partial charge in [0.05, 0.1) is 12.0 Å². The molecule has 2 aromatic carbocycles. The van der Waals surface area contributed by atoms with Crippen LogP contribution in [0.15, 0.2) is 52.9 Å². The van der Waals surface area contributed by atoms with Gasteiger partial charge >= 0.3 is 5.97 Å². The topological polar surface area (TPSA) is 39.4 Å². The summed E-state index contributed by atoms with van der Waals surface area (Å²) < 4.78 is 11.3. The highest BCUT2D eigenvalue weighted by molar-refractivity contribution is 5.81. The van der Waals surface area contributed by atoms with Crippen molar-refractivity contribution in [3.63, 3.8) is 0 Å². The van der Waals surface area contributed by atoms with Crippen molar-refractivity contribution in [3.05, 3.63) is 71.0 Å². The summed E-state index contributed by atoms with van der Waals surface area (Å²) in [5, 5.41) is 1.02. The van der Waals surface area contributed by atoms with E-state index in [0.29, 0.717) is 13.0 Å². The second-order valence-electron chi connectivity index (χ2n) is 7.61. The summed E-state index contributed by atoms with van der Waals surface area (Å²) in [6.45, 7) is 4.34. The molecule has 1 saturated carbocycles. The minimum Gasteiger partial charge on any atom is -0.466 e. The van der Waals surface area contributed by atoms with Crippen molar-refractivity contribution < 1.29 is 13.9 Å². The van der Waals surface area contributed by atoms with Gasteiger partial charge in [-0.2, -0.15) is 0 Å². The van der Waals surface area contributed by atoms with Crippen LogP contribution in [0.25, 0.3) is 11.0 Å². The van der Waals surface area contributed by atoms with E-state index in [1.807, 2.05) is 43.3 Å². The summed E-state index contributed by atoms with van der Waals surface area (Å²) in [4.78, 5) is 12.4. The van der Waals surface area contributed by atoms with Gasteiger partial charge in [0.2, 0.25) is 0 Å². The zero-order chi connectivity index (χ0) is 19.6. The van der Waals surface area contributed by atoms with E-state index >= 15 is 0 Å². The summed E-state index contributed by atoms with van der Waals surface area (Å²) in [6.07, 6.45) is 3.41. The number of ether oxygens (including phenoxy) is 1. The molecule has 1 aromatic heterocycles. The first-order valence-corrected chi connectivity index (χ1v) is 9.86. The lowest BCUT2D eigenvalue weighted by atomic mass is 9.66. The van der Waals surface area contributed by atoms with Crippen LogP contribution in [0.5, 0.6) is 0 Å². The van der Waals surface area contributed by atoms with Gasteiger partial charge in [0.15, 0.2) is 0 Å². The molecule has 0 radical (unpaired) electrons. The molecule has 1 heterocycles. The van der Waals surface area contributed by atoms with Crippen LogP contribution >= 0.6 is 0 Å². The van der Waals surface area contributed by atoms with Gasteiger partial charge in [-0.15, -0.1) is 0 Å². The maximum absolute atomic E-state index is 12.4. The molecule has 28 heavy (non-hydrogen) atoms. The number of carbonyl (C=O) groups excluding carboxylic acids is 1. The molecule has 3 heteroatoms. The first-order valence-electron chi connectivity index (χ1n) is 9.86. The number of esters is 1. The molecule has 0 saturated heterocycles. The Morgan fingerprint density at radius 2 is 1.79 bits per heavy atom. The maximum Gasteiger partial charge on any atom is 0.312 e. The van der Waals surface area contributed by atoms with Crippen LogP contribution in [0.2, 0.25) is 0 Å². The SMILES string of the molecule is CCOC(=O)C1(Cc2cc3cc(C#Cc4ccc(C)cc4)ccc3o2)CCC1. The van der Waals surface area contributed by atoms with Gasteiger partial charge in [0, 0.05) is 22.9 Å². The number of hydrogen-bond donors (Lipinski definition) is 0. The lowest BCUT2D eigenvalue weighted by molar-refractivity contribution is -0.161. The summed E-state index contributed by atoms with van der Waals surface area (Å²) in [5.74, 6) is 7.17. The van der Waals surface area contributed by atoms with Gasteiger partial charge in [-0.25, -0.2) is 0 Å². The fraction of sp³-hybridized carbons (Fsp3) is 0.320. The Balaban J connectivity index is 1.55. The molecule has 1 fully saturated rings. The zero-order valence-electron chi connectivity index (χ0n) is 16.4. The second kappa shape index (κ2) is 7.56. The number of furan rings is 1. The Morgan fingerprint density at radius 3 is 2.46 bits per heavy atom. The van der Waals surface area contributed by atoms with E-state index in [9.17, 15) is 4.79 Å². The van der Waals surface area contributed by atoms with Gasteiger partial charge in [0.1, 0.15) is 11.3 Å². The fourth-order valence-electron chi connectivity index (χ4n) is 3.72. The van der Waals surface area contributed by atoms with Crippen LogP contribution in [-0.2, 0) is 16.0 Å². The number of hydrogen-bond acceptors (Lipinski definition) is 3. The van der Waals surface area contributed by atoms with Crippen molar-refractivity contribution in [2.24, 2.45) is 5.41 Å². The first-order chi connectivity index (χ1) is 13.6. The van der Waals surface area contributed by atoms with Crippen LogP contribution in [0.4, 0.5) is 0 Å². The predicted molar refractivity (Wildman–Crippen MR) is 110 cm³/mol. The Bertz CT molecular complexity index is 1060. The number of carbonyl (C=O) groups is 1. The Labute approximate surface area is 165 Å². The molecule has 0 unspecified atom stereocenters. The van der Waals surface area contributed by atoms with Crippen molar-refractivity contribution in [3.8, 4) is 11.8 Å². The summed E-state index contributed by atoms with van der Waals surface area (Å²) in [5.41, 5.74) is 3.60. The van der Waals surface area contributed by atoms with E-state index in [-0.39, 0.29) is 5.97 Å². The Kier molecular flexibility index (Phi) is 4.96. The van der Waals surface area contributed by atoms with Crippen molar-refractivity contribution >= 4 is 16.9 Å². The van der Waals surface area contributed by atoms with Crippen LogP contribution in [0.3, 0.4) is 0 Å². The molecule has 3 aromatic rings. The highest BCUT2D eigenvalue weighted by Gasteiger charge is 2.46. The lowest BCUT2D eigenvalue weighted by Gasteiger charge is -2.38. The molecule has 0 aliphatic heterocycles. The molecule has 1 aliphatic carbocycles. The largest absolute Gasteiger partial charge is 0.466 e. The third-order valence-electron chi connectivity index (χ3n) is 5.50. The molecular formula is C25H24O3. The average molecular weight is 372 g/mol.